The number of carbonyl (C=O) groups is 4. The number of carbonyl (C=O) groups excluding carboxylic acids is 4. The van der Waals surface area contributed by atoms with Crippen LogP contribution in [0.15, 0.2) is 84.9 Å². The summed E-state index contributed by atoms with van der Waals surface area (Å²) in [7, 11) is 0. The first kappa shape index (κ1) is 34.8. The molecule has 4 aromatic carbocycles. The smallest absolute Gasteiger partial charge is 0.255 e. The van der Waals surface area contributed by atoms with Gasteiger partial charge < -0.3 is 24.5 Å². The molecule has 6 aliphatic heterocycles. The first-order chi connectivity index (χ1) is 27.2. The van der Waals surface area contributed by atoms with E-state index in [0.29, 0.717) is 44.8 Å². The van der Waals surface area contributed by atoms with Crippen molar-refractivity contribution in [2.75, 3.05) is 44.2 Å². The molecule has 56 heavy (non-hydrogen) atoms. The molecule has 1 unspecified atom stereocenters. The van der Waals surface area contributed by atoms with Crippen LogP contribution in [-0.2, 0) is 34.0 Å². The van der Waals surface area contributed by atoms with Gasteiger partial charge in [-0.05, 0) is 84.4 Å². The number of rotatable bonds is 6. The fourth-order valence-corrected chi connectivity index (χ4v) is 10.1. The Bertz CT molecular complexity index is 2240. The van der Waals surface area contributed by atoms with Gasteiger partial charge in [0, 0.05) is 79.3 Å². The fraction of sp³-hybridized carbons (Fsp3) is 0.378. The Hall–Kier alpha value is -5.68. The van der Waals surface area contributed by atoms with Crippen molar-refractivity contribution >= 4 is 29.3 Å². The third-order valence-corrected chi connectivity index (χ3v) is 13.2. The Labute approximate surface area is 325 Å². The minimum Gasteiger partial charge on any atom is -0.508 e. The average molecular weight is 752 g/mol. The number of phenols is 1. The summed E-state index contributed by atoms with van der Waals surface area (Å²) in [4.78, 5) is 59.2. The molecule has 3 atom stereocenters. The summed E-state index contributed by atoms with van der Waals surface area (Å²) in [6, 6.07) is 28.3. The number of hydrogen-bond donors (Lipinski definition) is 2. The normalized spacial score (nSPS) is 24.0. The van der Waals surface area contributed by atoms with Crippen molar-refractivity contribution in [1.82, 2.24) is 20.0 Å². The molecule has 0 radical (unpaired) electrons. The molecular formula is C45H45N5O6. The van der Waals surface area contributed by atoms with E-state index in [1.165, 1.54) is 16.8 Å². The monoisotopic (exact) mass is 751 g/mol. The molecule has 3 saturated heterocycles. The third kappa shape index (κ3) is 6.09. The molecule has 6 heterocycles. The van der Waals surface area contributed by atoms with Crippen LogP contribution in [0, 0.1) is 5.41 Å². The summed E-state index contributed by atoms with van der Waals surface area (Å²) in [6.45, 7) is 6.14. The minimum absolute atomic E-state index is 0.114. The van der Waals surface area contributed by atoms with Crippen molar-refractivity contribution in [2.45, 2.75) is 63.2 Å². The molecule has 10 rings (SSSR count). The number of phenolic OH excluding ortho intramolecular Hbond substituents is 1. The van der Waals surface area contributed by atoms with E-state index in [-0.39, 0.29) is 47.1 Å². The van der Waals surface area contributed by atoms with Crippen LogP contribution in [0.25, 0.3) is 0 Å². The van der Waals surface area contributed by atoms with Gasteiger partial charge in [0.25, 0.3) is 5.91 Å². The predicted molar refractivity (Wildman–Crippen MR) is 208 cm³/mol. The second-order valence-corrected chi connectivity index (χ2v) is 16.7. The number of anilines is 1. The van der Waals surface area contributed by atoms with Crippen LogP contribution in [0.1, 0.15) is 81.3 Å². The molecule has 0 bridgehead atoms. The molecule has 0 aliphatic carbocycles. The van der Waals surface area contributed by atoms with Crippen molar-refractivity contribution in [3.05, 3.63) is 124 Å². The zero-order valence-corrected chi connectivity index (χ0v) is 31.3. The number of nitrogens with zero attached hydrogens (tertiary/aromatic N) is 4. The first-order valence-electron chi connectivity index (χ1n) is 19.9. The Kier molecular flexibility index (Phi) is 8.39. The van der Waals surface area contributed by atoms with Gasteiger partial charge in [-0.25, -0.2) is 0 Å². The van der Waals surface area contributed by atoms with Crippen LogP contribution in [0.2, 0.25) is 0 Å². The summed E-state index contributed by atoms with van der Waals surface area (Å²) in [6.07, 6.45) is 2.71. The highest BCUT2D eigenvalue weighted by molar-refractivity contribution is 6.05. The number of amides is 4. The maximum absolute atomic E-state index is 13.5. The summed E-state index contributed by atoms with van der Waals surface area (Å²) in [5.41, 5.74) is 8.60. The number of benzene rings is 4. The number of aromatic hydroxyl groups is 1. The third-order valence-electron chi connectivity index (χ3n) is 13.2. The van der Waals surface area contributed by atoms with Gasteiger partial charge in [-0.1, -0.05) is 54.6 Å². The summed E-state index contributed by atoms with van der Waals surface area (Å²) in [5.74, 6) is 0.462. The number of fused-ring (bicyclic) bond motifs is 3. The number of ether oxygens (including phenoxy) is 1. The van der Waals surface area contributed by atoms with Crippen molar-refractivity contribution in [1.29, 1.82) is 0 Å². The number of likely N-dealkylation sites (tertiary alicyclic amines) is 1. The highest BCUT2D eigenvalue weighted by Crippen LogP contribution is 2.48. The van der Waals surface area contributed by atoms with Gasteiger partial charge in [-0.2, -0.15) is 0 Å². The zero-order chi connectivity index (χ0) is 38.1. The van der Waals surface area contributed by atoms with Gasteiger partial charge in [0.15, 0.2) is 0 Å². The van der Waals surface area contributed by atoms with Gasteiger partial charge in [0.05, 0.1) is 13.2 Å². The Morgan fingerprint density at radius 2 is 1.59 bits per heavy atom. The molecule has 2 N–H and O–H groups in total. The minimum atomic E-state index is -0.632. The van der Waals surface area contributed by atoms with Crippen molar-refractivity contribution in [3.8, 4) is 11.5 Å². The van der Waals surface area contributed by atoms with Crippen LogP contribution >= 0.6 is 0 Å². The fourth-order valence-electron chi connectivity index (χ4n) is 10.1. The van der Waals surface area contributed by atoms with Crippen LogP contribution in [-0.4, -0.2) is 88.8 Å². The SMILES string of the molecule is O=C1CCC(N2Cc3cc4c(cc3C2=O)CN(C(=O)CN2CCC3(CC2)CN(c2ccc([C@@H]5c6ccc(O)cc6OC[C@@H]5c5ccccc5)cc2)C3)C4)C(=O)N1. The van der Waals surface area contributed by atoms with Crippen LogP contribution in [0.4, 0.5) is 5.69 Å². The number of piperidine rings is 2. The van der Waals surface area contributed by atoms with Gasteiger partial charge in [-0.15, -0.1) is 0 Å². The largest absolute Gasteiger partial charge is 0.508 e. The number of hydrogen-bond acceptors (Lipinski definition) is 8. The molecule has 4 aromatic rings. The molecule has 1 spiro atoms. The summed E-state index contributed by atoms with van der Waals surface area (Å²) in [5, 5.41) is 12.5. The second kappa shape index (κ2) is 13.5. The molecule has 6 aliphatic rings. The number of imide groups is 1. The molecule has 0 saturated carbocycles. The Balaban J connectivity index is 0.732. The molecule has 3 fully saturated rings. The van der Waals surface area contributed by atoms with Crippen molar-refractivity contribution in [2.24, 2.45) is 5.41 Å². The maximum Gasteiger partial charge on any atom is 0.255 e. The topological polar surface area (TPSA) is 123 Å². The van der Waals surface area contributed by atoms with E-state index in [1.54, 1.807) is 17.0 Å². The van der Waals surface area contributed by atoms with E-state index in [2.05, 4.69) is 63.6 Å². The van der Waals surface area contributed by atoms with Crippen molar-refractivity contribution in [3.63, 3.8) is 0 Å². The predicted octanol–water partition coefficient (Wildman–Crippen LogP) is 4.91. The van der Waals surface area contributed by atoms with E-state index < -0.39 is 11.9 Å². The lowest BCUT2D eigenvalue weighted by Gasteiger charge is -2.55. The standard InChI is InChI=1S/C45H45N5O6/c51-34-10-11-35-39(20-34)56-25-37(28-4-2-1-3-5-28)42(35)29-6-8-33(9-7-29)49-26-45(27-49)14-16-47(17-15-45)24-41(53)48-21-30-18-32-23-50(38-12-13-40(52)46-43(38)54)44(55)36(32)19-31(30)22-48/h1-11,18-20,37-38,42,51H,12-17,21-27H2,(H,46,52,54)/t37-,38?,42-/m1/s1. The maximum atomic E-state index is 13.5. The van der Waals surface area contributed by atoms with E-state index in [0.717, 1.165) is 67.0 Å². The summed E-state index contributed by atoms with van der Waals surface area (Å²) < 4.78 is 6.16. The van der Waals surface area contributed by atoms with E-state index in [1.807, 2.05) is 29.2 Å². The van der Waals surface area contributed by atoms with E-state index in [9.17, 15) is 24.3 Å². The average Bonchev–Trinajstić information content (AvgIpc) is 3.76. The van der Waals surface area contributed by atoms with Gasteiger partial charge in [-0.3, -0.25) is 29.4 Å². The van der Waals surface area contributed by atoms with Crippen LogP contribution in [0.3, 0.4) is 0 Å². The lowest BCUT2D eigenvalue weighted by Crippen LogP contribution is -2.61. The second-order valence-electron chi connectivity index (χ2n) is 16.7. The molecule has 11 heteroatoms. The molecule has 11 nitrogen and oxygen atoms in total. The number of nitrogens with one attached hydrogen (secondary N) is 1. The zero-order valence-electron chi connectivity index (χ0n) is 31.3. The highest BCUT2D eigenvalue weighted by Gasteiger charge is 2.46. The van der Waals surface area contributed by atoms with Crippen molar-refractivity contribution < 1.29 is 29.0 Å². The Morgan fingerprint density at radius 3 is 2.34 bits per heavy atom. The van der Waals surface area contributed by atoms with Gasteiger partial charge in [0.1, 0.15) is 17.5 Å². The lowest BCUT2D eigenvalue weighted by atomic mass is 9.71. The molecule has 286 valence electrons. The molecule has 0 aromatic heterocycles. The molecule has 4 amide bonds. The van der Waals surface area contributed by atoms with Gasteiger partial charge in [0.2, 0.25) is 17.7 Å². The van der Waals surface area contributed by atoms with Crippen LogP contribution in [0.5, 0.6) is 11.5 Å². The van der Waals surface area contributed by atoms with Gasteiger partial charge >= 0.3 is 0 Å². The molecular weight excluding hydrogens is 707 g/mol. The highest BCUT2D eigenvalue weighted by atomic mass is 16.5. The van der Waals surface area contributed by atoms with E-state index >= 15 is 0 Å². The first-order valence-corrected chi connectivity index (χ1v) is 19.9. The Morgan fingerprint density at radius 1 is 0.839 bits per heavy atom. The summed E-state index contributed by atoms with van der Waals surface area (Å²) >= 11 is 0. The lowest BCUT2D eigenvalue weighted by molar-refractivity contribution is -0.137. The quantitative estimate of drug-likeness (QED) is 0.267. The van der Waals surface area contributed by atoms with Crippen LogP contribution < -0.4 is 15.0 Å². The van der Waals surface area contributed by atoms with E-state index in [4.69, 9.17) is 4.74 Å².